The number of rotatable bonds is 2. The van der Waals surface area contributed by atoms with Gasteiger partial charge < -0.3 is 10.5 Å². The van der Waals surface area contributed by atoms with Gasteiger partial charge in [-0.15, -0.1) is 0 Å². The van der Waals surface area contributed by atoms with E-state index in [2.05, 4.69) is 0 Å². The molecule has 3 heteroatoms. The molecule has 0 fully saturated rings. The maximum absolute atomic E-state index is 6.10. The molecule has 0 aromatic heterocycles. The largest absolute Gasteiger partial charge is 0.493 e. The highest BCUT2D eigenvalue weighted by molar-refractivity contribution is 6.32. The van der Waals surface area contributed by atoms with Crippen LogP contribution >= 0.6 is 11.6 Å². The van der Waals surface area contributed by atoms with Crippen molar-refractivity contribution in [2.45, 2.75) is 6.42 Å². The first-order valence-electron chi connectivity index (χ1n) is 4.63. The number of hydrogen-bond donors (Lipinski definition) is 1. The van der Waals surface area contributed by atoms with Gasteiger partial charge in [0.1, 0.15) is 5.75 Å². The molecule has 1 aliphatic heterocycles. The highest BCUT2D eigenvalue weighted by atomic mass is 35.5. The van der Waals surface area contributed by atoms with E-state index in [0.29, 0.717) is 6.54 Å². The van der Waals surface area contributed by atoms with Crippen LogP contribution in [0.3, 0.4) is 0 Å². The molecular weight excluding hydrogens is 198 g/mol. The van der Waals surface area contributed by atoms with Crippen LogP contribution < -0.4 is 10.5 Å². The Morgan fingerprint density at radius 3 is 3.14 bits per heavy atom. The Kier molecular flexibility index (Phi) is 2.75. The van der Waals surface area contributed by atoms with Crippen molar-refractivity contribution in [3.63, 3.8) is 0 Å². The maximum atomic E-state index is 6.10. The number of halogens is 1. The van der Waals surface area contributed by atoms with E-state index in [-0.39, 0.29) is 0 Å². The molecule has 1 aromatic rings. The first-order chi connectivity index (χ1) is 6.83. The second-order valence-electron chi connectivity index (χ2n) is 3.17. The summed E-state index contributed by atoms with van der Waals surface area (Å²) in [5.74, 6) is 0.950. The Morgan fingerprint density at radius 1 is 1.50 bits per heavy atom. The van der Waals surface area contributed by atoms with Crippen molar-refractivity contribution in [3.8, 4) is 5.75 Å². The summed E-state index contributed by atoms with van der Waals surface area (Å²) < 4.78 is 5.45. The average Bonchev–Trinajstić information content (AvgIpc) is 2.64. The van der Waals surface area contributed by atoms with Crippen LogP contribution in [-0.4, -0.2) is 13.2 Å². The fraction of sp³-hybridized carbons (Fsp3) is 0.273. The molecule has 0 spiro atoms. The second-order valence-corrected chi connectivity index (χ2v) is 3.58. The van der Waals surface area contributed by atoms with Crippen LogP contribution in [0.5, 0.6) is 5.75 Å². The molecule has 0 radical (unpaired) electrons. The molecule has 2 rings (SSSR count). The number of nitrogens with two attached hydrogens (primary N) is 1. The summed E-state index contributed by atoms with van der Waals surface area (Å²) in [5.41, 5.74) is 7.66. The minimum atomic E-state index is 0.529. The summed E-state index contributed by atoms with van der Waals surface area (Å²) in [5, 5.41) is 0.763. The molecule has 74 valence electrons. The van der Waals surface area contributed by atoms with E-state index < -0.39 is 0 Å². The molecule has 0 saturated carbocycles. The van der Waals surface area contributed by atoms with Crippen LogP contribution in [0.25, 0.3) is 6.08 Å². The van der Waals surface area contributed by atoms with Crippen LogP contribution in [0, 0.1) is 0 Å². The lowest BCUT2D eigenvalue weighted by Gasteiger charge is -2.04. The second kappa shape index (κ2) is 4.03. The van der Waals surface area contributed by atoms with Crippen LogP contribution in [0.1, 0.15) is 11.1 Å². The summed E-state index contributed by atoms with van der Waals surface area (Å²) in [6.45, 7) is 1.28. The third-order valence-corrected chi connectivity index (χ3v) is 2.62. The lowest BCUT2D eigenvalue weighted by Crippen LogP contribution is -1.93. The van der Waals surface area contributed by atoms with E-state index in [4.69, 9.17) is 22.1 Å². The first kappa shape index (κ1) is 9.56. The summed E-state index contributed by atoms with van der Waals surface area (Å²) in [6.07, 6.45) is 4.80. The Balaban J connectivity index is 2.46. The monoisotopic (exact) mass is 209 g/mol. The molecule has 0 unspecified atom stereocenters. The zero-order valence-electron chi connectivity index (χ0n) is 7.79. The lowest BCUT2D eigenvalue weighted by atomic mass is 10.0. The van der Waals surface area contributed by atoms with Gasteiger partial charge in [-0.25, -0.2) is 0 Å². The smallest absolute Gasteiger partial charge is 0.123 e. The number of ether oxygens (including phenoxy) is 1. The van der Waals surface area contributed by atoms with Crippen molar-refractivity contribution in [2.24, 2.45) is 5.73 Å². The molecule has 1 aliphatic rings. The van der Waals surface area contributed by atoms with Crippen LogP contribution in [0.15, 0.2) is 18.2 Å². The van der Waals surface area contributed by atoms with Crippen LogP contribution in [0.2, 0.25) is 5.02 Å². The first-order valence-corrected chi connectivity index (χ1v) is 5.01. The van der Waals surface area contributed by atoms with Gasteiger partial charge in [0.05, 0.1) is 6.61 Å². The molecular formula is C11H12ClNO. The lowest BCUT2D eigenvalue weighted by molar-refractivity contribution is 0.357. The van der Waals surface area contributed by atoms with Crippen LogP contribution in [0.4, 0.5) is 0 Å². The van der Waals surface area contributed by atoms with Gasteiger partial charge in [-0.1, -0.05) is 23.8 Å². The minimum Gasteiger partial charge on any atom is -0.493 e. The van der Waals surface area contributed by atoms with Gasteiger partial charge in [0.25, 0.3) is 0 Å². The summed E-state index contributed by atoms with van der Waals surface area (Å²) in [7, 11) is 0. The van der Waals surface area contributed by atoms with E-state index in [9.17, 15) is 0 Å². The van der Waals surface area contributed by atoms with Crippen molar-refractivity contribution in [2.75, 3.05) is 13.2 Å². The summed E-state index contributed by atoms with van der Waals surface area (Å²) in [6, 6.07) is 3.78. The highest BCUT2D eigenvalue weighted by Gasteiger charge is 2.16. The Bertz CT molecular complexity index is 374. The molecule has 0 atom stereocenters. The number of benzene rings is 1. The van der Waals surface area contributed by atoms with Crippen molar-refractivity contribution in [3.05, 3.63) is 34.4 Å². The third-order valence-electron chi connectivity index (χ3n) is 2.29. The van der Waals surface area contributed by atoms with E-state index >= 15 is 0 Å². The van der Waals surface area contributed by atoms with Gasteiger partial charge in [-0.3, -0.25) is 0 Å². The Hall–Kier alpha value is -0.990. The quantitative estimate of drug-likeness (QED) is 0.811. The predicted octanol–water partition coefficient (Wildman–Crippen LogP) is 2.25. The molecule has 14 heavy (non-hydrogen) atoms. The average molecular weight is 210 g/mol. The SMILES string of the molecule is NC/C=C/c1c(Cl)ccc2c1CCO2. The molecule has 0 aliphatic carbocycles. The molecule has 0 amide bonds. The van der Waals surface area contributed by atoms with E-state index in [1.54, 1.807) is 0 Å². The maximum Gasteiger partial charge on any atom is 0.123 e. The van der Waals surface area contributed by atoms with Gasteiger partial charge in [-0.2, -0.15) is 0 Å². The van der Waals surface area contributed by atoms with Gasteiger partial charge in [-0.05, 0) is 17.7 Å². The van der Waals surface area contributed by atoms with E-state index in [1.165, 1.54) is 5.56 Å². The van der Waals surface area contributed by atoms with Crippen molar-refractivity contribution < 1.29 is 4.74 Å². The Morgan fingerprint density at radius 2 is 2.36 bits per heavy atom. The topological polar surface area (TPSA) is 35.2 Å². The van der Waals surface area contributed by atoms with Gasteiger partial charge in [0, 0.05) is 23.6 Å². The van der Waals surface area contributed by atoms with Gasteiger partial charge in [0.15, 0.2) is 0 Å². The van der Waals surface area contributed by atoms with E-state index in [0.717, 1.165) is 29.4 Å². The molecule has 0 bridgehead atoms. The van der Waals surface area contributed by atoms with Crippen LogP contribution in [-0.2, 0) is 6.42 Å². The normalized spacial score (nSPS) is 14.4. The zero-order chi connectivity index (χ0) is 9.97. The zero-order valence-corrected chi connectivity index (χ0v) is 8.55. The van der Waals surface area contributed by atoms with Crippen molar-refractivity contribution in [1.29, 1.82) is 0 Å². The fourth-order valence-electron chi connectivity index (χ4n) is 1.64. The van der Waals surface area contributed by atoms with Crippen molar-refractivity contribution >= 4 is 17.7 Å². The molecule has 1 aromatic carbocycles. The van der Waals surface area contributed by atoms with Gasteiger partial charge in [0.2, 0.25) is 0 Å². The molecule has 2 N–H and O–H groups in total. The Labute approximate surface area is 88.3 Å². The van der Waals surface area contributed by atoms with Crippen molar-refractivity contribution in [1.82, 2.24) is 0 Å². The third kappa shape index (κ3) is 1.63. The highest BCUT2D eigenvalue weighted by Crippen LogP contribution is 2.33. The molecule has 2 nitrogen and oxygen atoms in total. The van der Waals surface area contributed by atoms with Gasteiger partial charge >= 0.3 is 0 Å². The number of hydrogen-bond acceptors (Lipinski definition) is 2. The fourth-order valence-corrected chi connectivity index (χ4v) is 1.88. The predicted molar refractivity (Wildman–Crippen MR) is 58.7 cm³/mol. The molecule has 0 saturated heterocycles. The number of fused-ring (bicyclic) bond motifs is 1. The standard InChI is InChI=1S/C11H12ClNO/c12-10-3-4-11-9(5-7-14-11)8(10)2-1-6-13/h1-4H,5-7,13H2/b2-1+. The van der Waals surface area contributed by atoms with E-state index in [1.807, 2.05) is 24.3 Å². The summed E-state index contributed by atoms with van der Waals surface area (Å²) in [4.78, 5) is 0. The minimum absolute atomic E-state index is 0.529. The summed E-state index contributed by atoms with van der Waals surface area (Å²) >= 11 is 6.10. The molecule has 1 heterocycles.